The van der Waals surface area contributed by atoms with Crippen molar-refractivity contribution >= 4 is 17.0 Å². The molecule has 1 saturated carbocycles. The Balaban J connectivity index is 1.70. The highest BCUT2D eigenvalue weighted by Gasteiger charge is 2.18. The molecule has 2 unspecified atom stereocenters. The van der Waals surface area contributed by atoms with Crippen molar-refractivity contribution in [2.45, 2.75) is 39.2 Å². The van der Waals surface area contributed by atoms with Gasteiger partial charge in [-0.15, -0.1) is 11.3 Å². The van der Waals surface area contributed by atoms with Crippen LogP contribution >= 0.6 is 11.3 Å². The van der Waals surface area contributed by atoms with Gasteiger partial charge in [-0.25, -0.2) is 0 Å². The fraction of sp³-hybridized carbons (Fsp3) is 0.692. The van der Waals surface area contributed by atoms with E-state index in [2.05, 4.69) is 17.6 Å². The number of thiophene rings is 1. The fourth-order valence-corrected chi connectivity index (χ4v) is 3.40. The summed E-state index contributed by atoms with van der Waals surface area (Å²) in [6, 6.07) is 1.99. The third kappa shape index (κ3) is 3.22. The largest absolute Gasteiger partial charge is 0.398 e. The van der Waals surface area contributed by atoms with E-state index in [1.807, 2.05) is 6.07 Å². The molecule has 1 aliphatic rings. The molecule has 0 amide bonds. The first-order valence-electron chi connectivity index (χ1n) is 6.28. The van der Waals surface area contributed by atoms with Crippen LogP contribution in [-0.4, -0.2) is 6.54 Å². The smallest absolute Gasteiger partial charge is 0.0468 e. The summed E-state index contributed by atoms with van der Waals surface area (Å²) in [6.45, 7) is 4.47. The van der Waals surface area contributed by atoms with Crippen LogP contribution < -0.4 is 11.1 Å². The van der Waals surface area contributed by atoms with Crippen LogP contribution in [0.25, 0.3) is 0 Å². The molecule has 16 heavy (non-hydrogen) atoms. The van der Waals surface area contributed by atoms with Crippen LogP contribution in [0.4, 0.5) is 5.69 Å². The zero-order chi connectivity index (χ0) is 11.4. The molecule has 0 aromatic carbocycles. The van der Waals surface area contributed by atoms with E-state index < -0.39 is 0 Å². The molecule has 1 aromatic rings. The molecule has 0 aliphatic heterocycles. The molecule has 0 bridgehead atoms. The lowest BCUT2D eigenvalue weighted by Gasteiger charge is -2.26. The molecular weight excluding hydrogens is 216 g/mol. The van der Waals surface area contributed by atoms with Gasteiger partial charge in [0.15, 0.2) is 0 Å². The predicted molar refractivity (Wildman–Crippen MR) is 71.6 cm³/mol. The standard InChI is InChI=1S/C13H22N2S/c1-10-3-2-4-11(7-10)8-15-9-13-12(14)5-6-16-13/h5-6,10-11,15H,2-4,7-9,14H2,1H3. The van der Waals surface area contributed by atoms with E-state index in [-0.39, 0.29) is 0 Å². The van der Waals surface area contributed by atoms with Crippen LogP contribution in [0.5, 0.6) is 0 Å². The molecule has 2 atom stereocenters. The minimum absolute atomic E-state index is 0.880. The van der Waals surface area contributed by atoms with Crippen molar-refractivity contribution < 1.29 is 0 Å². The maximum Gasteiger partial charge on any atom is 0.0468 e. The van der Waals surface area contributed by atoms with Gasteiger partial charge >= 0.3 is 0 Å². The second-order valence-electron chi connectivity index (χ2n) is 5.07. The van der Waals surface area contributed by atoms with Crippen molar-refractivity contribution in [1.29, 1.82) is 0 Å². The Bertz CT molecular complexity index is 321. The van der Waals surface area contributed by atoms with Crippen LogP contribution in [0.15, 0.2) is 11.4 Å². The van der Waals surface area contributed by atoms with Crippen LogP contribution in [-0.2, 0) is 6.54 Å². The zero-order valence-corrected chi connectivity index (χ0v) is 10.9. The molecule has 0 spiro atoms. The maximum absolute atomic E-state index is 5.85. The van der Waals surface area contributed by atoms with E-state index in [4.69, 9.17) is 5.73 Å². The molecule has 3 heteroatoms. The van der Waals surface area contributed by atoms with Crippen molar-refractivity contribution in [2.75, 3.05) is 12.3 Å². The van der Waals surface area contributed by atoms with Gasteiger partial charge in [-0.2, -0.15) is 0 Å². The summed E-state index contributed by atoms with van der Waals surface area (Å²) in [6.07, 6.45) is 5.63. The van der Waals surface area contributed by atoms with Crippen molar-refractivity contribution in [3.05, 3.63) is 16.3 Å². The molecule has 90 valence electrons. The number of hydrogen-bond donors (Lipinski definition) is 2. The minimum atomic E-state index is 0.880. The van der Waals surface area contributed by atoms with E-state index in [1.54, 1.807) is 11.3 Å². The van der Waals surface area contributed by atoms with Crippen LogP contribution in [0.2, 0.25) is 0 Å². The lowest BCUT2D eigenvalue weighted by molar-refractivity contribution is 0.274. The van der Waals surface area contributed by atoms with Gasteiger partial charge in [-0.05, 0) is 42.7 Å². The van der Waals surface area contributed by atoms with Gasteiger partial charge in [0.05, 0.1) is 0 Å². The van der Waals surface area contributed by atoms with Gasteiger partial charge in [0.2, 0.25) is 0 Å². The number of nitrogens with one attached hydrogen (secondary N) is 1. The number of anilines is 1. The van der Waals surface area contributed by atoms with E-state index >= 15 is 0 Å². The second kappa shape index (κ2) is 5.69. The minimum Gasteiger partial charge on any atom is -0.398 e. The highest BCUT2D eigenvalue weighted by molar-refractivity contribution is 7.10. The van der Waals surface area contributed by atoms with Crippen molar-refractivity contribution in [3.63, 3.8) is 0 Å². The summed E-state index contributed by atoms with van der Waals surface area (Å²) in [5.74, 6) is 1.80. The van der Waals surface area contributed by atoms with Crippen LogP contribution in [0, 0.1) is 11.8 Å². The molecule has 1 aliphatic carbocycles. The fourth-order valence-electron chi connectivity index (χ4n) is 2.63. The third-order valence-corrected chi connectivity index (χ3v) is 4.48. The number of nitrogens with two attached hydrogens (primary N) is 1. The van der Waals surface area contributed by atoms with Gasteiger partial charge in [-0.1, -0.05) is 19.8 Å². The first kappa shape index (κ1) is 11.9. The highest BCUT2D eigenvalue weighted by Crippen LogP contribution is 2.28. The molecule has 0 saturated heterocycles. The SMILES string of the molecule is CC1CCCC(CNCc2sccc2N)C1. The predicted octanol–water partition coefficient (Wildman–Crippen LogP) is 3.25. The molecule has 1 fully saturated rings. The van der Waals surface area contributed by atoms with Gasteiger partial charge < -0.3 is 11.1 Å². The van der Waals surface area contributed by atoms with Crippen LogP contribution in [0.3, 0.4) is 0 Å². The Labute approximate surface area is 102 Å². The molecule has 0 radical (unpaired) electrons. The van der Waals surface area contributed by atoms with Gasteiger partial charge in [-0.3, -0.25) is 0 Å². The molecular formula is C13H22N2S. The average molecular weight is 238 g/mol. The molecule has 1 aromatic heterocycles. The molecule has 2 rings (SSSR count). The van der Waals surface area contributed by atoms with E-state index in [1.165, 1.54) is 30.6 Å². The Kier molecular flexibility index (Phi) is 4.24. The Morgan fingerprint density at radius 3 is 3.06 bits per heavy atom. The summed E-state index contributed by atoms with van der Waals surface area (Å²) < 4.78 is 0. The first-order chi connectivity index (χ1) is 7.75. The molecule has 1 heterocycles. The van der Waals surface area contributed by atoms with Crippen LogP contribution in [0.1, 0.15) is 37.5 Å². The van der Waals surface area contributed by atoms with Gasteiger partial charge in [0, 0.05) is 17.1 Å². The highest BCUT2D eigenvalue weighted by atomic mass is 32.1. The van der Waals surface area contributed by atoms with Crippen molar-refractivity contribution in [1.82, 2.24) is 5.32 Å². The monoisotopic (exact) mass is 238 g/mol. The number of nitrogen functional groups attached to an aromatic ring is 1. The van der Waals surface area contributed by atoms with Crippen molar-refractivity contribution in [3.8, 4) is 0 Å². The average Bonchev–Trinajstić information content (AvgIpc) is 2.65. The lowest BCUT2D eigenvalue weighted by atomic mass is 9.82. The topological polar surface area (TPSA) is 38.0 Å². The van der Waals surface area contributed by atoms with Crippen molar-refractivity contribution in [2.24, 2.45) is 11.8 Å². The van der Waals surface area contributed by atoms with E-state index in [0.717, 1.165) is 30.6 Å². The quantitative estimate of drug-likeness (QED) is 0.845. The van der Waals surface area contributed by atoms with E-state index in [0.29, 0.717) is 0 Å². The summed E-state index contributed by atoms with van der Waals surface area (Å²) in [4.78, 5) is 1.28. The Morgan fingerprint density at radius 2 is 2.38 bits per heavy atom. The van der Waals surface area contributed by atoms with E-state index in [9.17, 15) is 0 Å². The second-order valence-corrected chi connectivity index (χ2v) is 6.07. The first-order valence-corrected chi connectivity index (χ1v) is 7.16. The maximum atomic E-state index is 5.85. The Morgan fingerprint density at radius 1 is 1.50 bits per heavy atom. The third-order valence-electron chi connectivity index (χ3n) is 3.54. The number of rotatable bonds is 4. The summed E-state index contributed by atoms with van der Waals surface area (Å²) >= 11 is 1.75. The summed E-state index contributed by atoms with van der Waals surface area (Å²) in [7, 11) is 0. The zero-order valence-electron chi connectivity index (χ0n) is 10.0. The van der Waals surface area contributed by atoms with Gasteiger partial charge in [0.1, 0.15) is 0 Å². The lowest BCUT2D eigenvalue weighted by Crippen LogP contribution is -2.26. The Hall–Kier alpha value is -0.540. The molecule has 2 nitrogen and oxygen atoms in total. The summed E-state index contributed by atoms with van der Waals surface area (Å²) in [5.41, 5.74) is 6.79. The van der Waals surface area contributed by atoms with Gasteiger partial charge in [0.25, 0.3) is 0 Å². The number of hydrogen-bond acceptors (Lipinski definition) is 3. The summed E-state index contributed by atoms with van der Waals surface area (Å²) in [5, 5.41) is 5.61. The molecule has 3 N–H and O–H groups in total. The normalized spacial score (nSPS) is 25.8.